The average Bonchev–Trinajstić information content (AvgIpc) is 2.98. The minimum atomic E-state index is 0.438. The summed E-state index contributed by atoms with van der Waals surface area (Å²) in [5.41, 5.74) is 2.32. The van der Waals surface area contributed by atoms with Gasteiger partial charge in [0.05, 0.1) is 0 Å². The molecule has 0 saturated carbocycles. The minimum Gasteiger partial charge on any atom is -0.334 e. The van der Waals surface area contributed by atoms with E-state index < -0.39 is 0 Å². The van der Waals surface area contributed by atoms with Gasteiger partial charge >= 0.3 is 0 Å². The number of rotatable bonds is 3. The molecule has 0 radical (unpaired) electrons. The Hall–Kier alpha value is -1.68. The molecule has 1 aliphatic heterocycles. The lowest BCUT2D eigenvalue weighted by Gasteiger charge is -2.18. The molecule has 0 amide bonds. The molecule has 1 aromatic carbocycles. The van der Waals surface area contributed by atoms with Crippen molar-refractivity contribution < 1.29 is 4.52 Å². The molecule has 0 atom stereocenters. The molecule has 2 heterocycles. The van der Waals surface area contributed by atoms with Gasteiger partial charge in [0.25, 0.3) is 5.89 Å². The SMILES string of the molecule is CCc1ccccc1-c1nc(C2CCNCC2)no1. The van der Waals surface area contributed by atoms with Crippen LogP contribution in [0.2, 0.25) is 0 Å². The van der Waals surface area contributed by atoms with E-state index in [1.807, 2.05) is 12.1 Å². The van der Waals surface area contributed by atoms with Crippen molar-refractivity contribution in [3.8, 4) is 11.5 Å². The van der Waals surface area contributed by atoms with Crippen LogP contribution in [0.1, 0.15) is 37.1 Å². The molecule has 0 unspecified atom stereocenters. The third-order valence-corrected chi connectivity index (χ3v) is 3.77. The number of aromatic nitrogens is 2. The van der Waals surface area contributed by atoms with E-state index in [4.69, 9.17) is 4.52 Å². The Morgan fingerprint density at radius 3 is 2.84 bits per heavy atom. The van der Waals surface area contributed by atoms with Crippen LogP contribution >= 0.6 is 0 Å². The van der Waals surface area contributed by atoms with Crippen LogP contribution < -0.4 is 5.32 Å². The van der Waals surface area contributed by atoms with Crippen molar-refractivity contribution in [3.63, 3.8) is 0 Å². The van der Waals surface area contributed by atoms with E-state index in [9.17, 15) is 0 Å². The first-order valence-electron chi connectivity index (χ1n) is 7.01. The summed E-state index contributed by atoms with van der Waals surface area (Å²) in [5, 5.41) is 7.53. The number of aryl methyl sites for hydroxylation is 1. The molecule has 3 rings (SSSR count). The summed E-state index contributed by atoms with van der Waals surface area (Å²) in [6.07, 6.45) is 3.16. The monoisotopic (exact) mass is 257 g/mol. The summed E-state index contributed by atoms with van der Waals surface area (Å²) < 4.78 is 5.46. The maximum absolute atomic E-state index is 5.46. The normalized spacial score (nSPS) is 16.7. The number of hydrogen-bond acceptors (Lipinski definition) is 4. The van der Waals surface area contributed by atoms with Gasteiger partial charge in [0.1, 0.15) is 0 Å². The van der Waals surface area contributed by atoms with Crippen molar-refractivity contribution in [2.24, 2.45) is 0 Å². The molecular formula is C15H19N3O. The molecule has 4 heteroatoms. The summed E-state index contributed by atoms with van der Waals surface area (Å²) in [5.74, 6) is 1.96. The molecule has 100 valence electrons. The molecule has 1 saturated heterocycles. The van der Waals surface area contributed by atoms with Crippen molar-refractivity contribution in [2.45, 2.75) is 32.1 Å². The third-order valence-electron chi connectivity index (χ3n) is 3.77. The zero-order chi connectivity index (χ0) is 13.1. The van der Waals surface area contributed by atoms with E-state index in [2.05, 4.69) is 34.5 Å². The van der Waals surface area contributed by atoms with Crippen LogP contribution in [0.15, 0.2) is 28.8 Å². The van der Waals surface area contributed by atoms with Gasteiger partial charge in [-0.3, -0.25) is 0 Å². The highest BCUT2D eigenvalue weighted by Crippen LogP contribution is 2.27. The Kier molecular flexibility index (Phi) is 3.60. The Balaban J connectivity index is 1.88. The lowest BCUT2D eigenvalue weighted by Crippen LogP contribution is -2.27. The largest absolute Gasteiger partial charge is 0.334 e. The molecule has 19 heavy (non-hydrogen) atoms. The number of nitrogens with zero attached hydrogens (tertiary/aromatic N) is 2. The predicted octanol–water partition coefficient (Wildman–Crippen LogP) is 2.77. The van der Waals surface area contributed by atoms with E-state index in [1.165, 1.54) is 5.56 Å². The maximum Gasteiger partial charge on any atom is 0.258 e. The van der Waals surface area contributed by atoms with Crippen molar-refractivity contribution in [1.29, 1.82) is 0 Å². The lowest BCUT2D eigenvalue weighted by molar-refractivity contribution is 0.392. The van der Waals surface area contributed by atoms with Crippen LogP contribution in [-0.4, -0.2) is 23.2 Å². The van der Waals surface area contributed by atoms with E-state index >= 15 is 0 Å². The molecule has 1 aromatic heterocycles. The van der Waals surface area contributed by atoms with Crippen molar-refractivity contribution in [1.82, 2.24) is 15.5 Å². The Morgan fingerprint density at radius 2 is 2.05 bits per heavy atom. The number of piperidine rings is 1. The molecule has 4 nitrogen and oxygen atoms in total. The zero-order valence-corrected chi connectivity index (χ0v) is 11.2. The summed E-state index contributed by atoms with van der Waals surface area (Å²) in [6, 6.07) is 8.23. The molecular weight excluding hydrogens is 238 g/mol. The molecule has 0 spiro atoms. The lowest BCUT2D eigenvalue weighted by atomic mass is 9.97. The molecule has 0 bridgehead atoms. The van der Waals surface area contributed by atoms with E-state index in [1.54, 1.807) is 0 Å². The fourth-order valence-electron chi connectivity index (χ4n) is 2.63. The fourth-order valence-corrected chi connectivity index (χ4v) is 2.63. The highest BCUT2D eigenvalue weighted by molar-refractivity contribution is 5.58. The smallest absolute Gasteiger partial charge is 0.258 e. The van der Waals surface area contributed by atoms with Gasteiger partial charge < -0.3 is 9.84 Å². The molecule has 1 N–H and O–H groups in total. The molecule has 1 aliphatic rings. The summed E-state index contributed by atoms with van der Waals surface area (Å²) in [7, 11) is 0. The van der Waals surface area contributed by atoms with Gasteiger partial charge in [0.15, 0.2) is 5.82 Å². The van der Waals surface area contributed by atoms with Crippen LogP contribution in [0, 0.1) is 0 Å². The topological polar surface area (TPSA) is 51.0 Å². The third kappa shape index (κ3) is 2.54. The van der Waals surface area contributed by atoms with Gasteiger partial charge in [-0.05, 0) is 44.0 Å². The Morgan fingerprint density at radius 1 is 1.26 bits per heavy atom. The second kappa shape index (κ2) is 5.53. The van der Waals surface area contributed by atoms with Crippen LogP contribution in [0.25, 0.3) is 11.5 Å². The van der Waals surface area contributed by atoms with E-state index in [-0.39, 0.29) is 0 Å². The van der Waals surface area contributed by atoms with Gasteiger partial charge in [0, 0.05) is 11.5 Å². The number of hydrogen-bond donors (Lipinski definition) is 1. The highest BCUT2D eigenvalue weighted by Gasteiger charge is 2.21. The first-order chi connectivity index (χ1) is 9.38. The van der Waals surface area contributed by atoms with Crippen molar-refractivity contribution in [2.75, 3.05) is 13.1 Å². The summed E-state index contributed by atoms with van der Waals surface area (Å²) >= 11 is 0. The van der Waals surface area contributed by atoms with Crippen molar-refractivity contribution >= 4 is 0 Å². The second-order valence-electron chi connectivity index (χ2n) is 4.99. The van der Waals surface area contributed by atoms with E-state index in [0.29, 0.717) is 11.8 Å². The molecule has 2 aromatic rings. The van der Waals surface area contributed by atoms with Gasteiger partial charge in [-0.15, -0.1) is 0 Å². The Labute approximate surface area is 113 Å². The molecule has 1 fully saturated rings. The maximum atomic E-state index is 5.46. The van der Waals surface area contributed by atoms with Crippen LogP contribution in [0.3, 0.4) is 0 Å². The summed E-state index contributed by atoms with van der Waals surface area (Å²) in [6.45, 7) is 4.23. The average molecular weight is 257 g/mol. The van der Waals surface area contributed by atoms with Gasteiger partial charge in [-0.2, -0.15) is 4.98 Å². The van der Waals surface area contributed by atoms with E-state index in [0.717, 1.165) is 43.7 Å². The quantitative estimate of drug-likeness (QED) is 0.918. The summed E-state index contributed by atoms with van der Waals surface area (Å²) in [4.78, 5) is 4.61. The van der Waals surface area contributed by atoms with Gasteiger partial charge in [-0.1, -0.05) is 30.3 Å². The second-order valence-corrected chi connectivity index (χ2v) is 4.99. The van der Waals surface area contributed by atoms with Gasteiger partial charge in [-0.25, -0.2) is 0 Å². The number of nitrogens with one attached hydrogen (secondary N) is 1. The van der Waals surface area contributed by atoms with Crippen LogP contribution in [0.5, 0.6) is 0 Å². The first-order valence-corrected chi connectivity index (χ1v) is 7.01. The van der Waals surface area contributed by atoms with Gasteiger partial charge in [0.2, 0.25) is 0 Å². The highest BCUT2D eigenvalue weighted by atomic mass is 16.5. The fraction of sp³-hybridized carbons (Fsp3) is 0.467. The Bertz CT molecular complexity index is 544. The first kappa shape index (κ1) is 12.4. The predicted molar refractivity (Wildman–Crippen MR) is 74.0 cm³/mol. The minimum absolute atomic E-state index is 0.438. The molecule has 0 aliphatic carbocycles. The van der Waals surface area contributed by atoms with Crippen LogP contribution in [-0.2, 0) is 6.42 Å². The zero-order valence-electron chi connectivity index (χ0n) is 11.2. The van der Waals surface area contributed by atoms with Crippen LogP contribution in [0.4, 0.5) is 0 Å². The standard InChI is InChI=1S/C15H19N3O/c1-2-11-5-3-4-6-13(11)15-17-14(18-19-15)12-7-9-16-10-8-12/h3-6,12,16H,2,7-10H2,1H3. The van der Waals surface area contributed by atoms with Crippen molar-refractivity contribution in [3.05, 3.63) is 35.7 Å². The number of benzene rings is 1.